The van der Waals surface area contributed by atoms with Crippen LogP contribution in [-0.4, -0.2) is 62.8 Å². The van der Waals surface area contributed by atoms with Crippen molar-refractivity contribution in [2.45, 2.75) is 43.4 Å². The Kier molecular flexibility index (Phi) is 6.52. The summed E-state index contributed by atoms with van der Waals surface area (Å²) in [7, 11) is 0. The topological polar surface area (TPSA) is 99.4 Å². The monoisotopic (exact) mass is 424 g/mol. The van der Waals surface area contributed by atoms with Gasteiger partial charge in [-0.05, 0) is 60.6 Å². The van der Waals surface area contributed by atoms with Crippen LogP contribution in [0, 0.1) is 19.7 Å². The molecule has 1 heterocycles. The van der Waals surface area contributed by atoms with E-state index in [2.05, 4.69) is 0 Å². The Hall–Kier alpha value is -1.68. The number of thioether (sulfide) groups is 1. The maximum atomic E-state index is 13.9. The second-order valence-electron chi connectivity index (χ2n) is 7.14. The summed E-state index contributed by atoms with van der Waals surface area (Å²) in [5.74, 6) is 0.0998. The minimum atomic E-state index is -1.93. The lowest BCUT2D eigenvalue weighted by Crippen LogP contribution is -2.66. The Morgan fingerprint density at radius 3 is 2.34 bits per heavy atom. The minimum Gasteiger partial charge on any atom is -0.460 e. The third-order valence-corrected chi connectivity index (χ3v) is 6.27. The maximum absolute atomic E-state index is 13.9. The first kappa shape index (κ1) is 22.0. The van der Waals surface area contributed by atoms with Gasteiger partial charge in [0.15, 0.2) is 0 Å². The molecule has 0 saturated carbocycles. The molecular weight excluding hydrogens is 399 g/mol. The van der Waals surface area contributed by atoms with Gasteiger partial charge >= 0.3 is 0 Å². The Bertz CT molecular complexity index is 878. The van der Waals surface area contributed by atoms with Crippen LogP contribution < -0.4 is 4.74 Å². The van der Waals surface area contributed by atoms with Crippen molar-refractivity contribution >= 4 is 11.8 Å². The molecule has 1 saturated heterocycles. The van der Waals surface area contributed by atoms with Gasteiger partial charge < -0.3 is 29.9 Å². The van der Waals surface area contributed by atoms with Crippen LogP contribution in [0.2, 0.25) is 0 Å². The van der Waals surface area contributed by atoms with Gasteiger partial charge in [0.2, 0.25) is 11.2 Å². The van der Waals surface area contributed by atoms with E-state index in [0.717, 1.165) is 22.9 Å². The first-order valence-electron chi connectivity index (χ1n) is 9.15. The molecule has 2 aromatic carbocycles. The Labute approximate surface area is 172 Å². The van der Waals surface area contributed by atoms with Crippen LogP contribution >= 0.6 is 11.8 Å². The first-order chi connectivity index (χ1) is 13.7. The second-order valence-corrected chi connectivity index (χ2v) is 8.20. The minimum absolute atomic E-state index is 0.288. The zero-order chi connectivity index (χ0) is 21.3. The zero-order valence-corrected chi connectivity index (χ0v) is 17.2. The molecule has 4 N–H and O–H groups in total. The third-order valence-electron chi connectivity index (χ3n) is 5.19. The van der Waals surface area contributed by atoms with Gasteiger partial charge in [-0.1, -0.05) is 18.2 Å². The Balaban J connectivity index is 1.88. The van der Waals surface area contributed by atoms with Gasteiger partial charge in [-0.15, -0.1) is 11.8 Å². The van der Waals surface area contributed by atoms with Crippen LogP contribution in [0.4, 0.5) is 4.39 Å². The van der Waals surface area contributed by atoms with Crippen LogP contribution in [0.15, 0.2) is 36.4 Å². The molecule has 8 heteroatoms. The predicted octanol–water partition coefficient (Wildman–Crippen LogP) is 1.98. The van der Waals surface area contributed by atoms with Crippen LogP contribution in [0.1, 0.15) is 11.1 Å². The summed E-state index contributed by atoms with van der Waals surface area (Å²) in [5, 5.41) is 40.6. The summed E-state index contributed by atoms with van der Waals surface area (Å²) < 4.78 is 25.2. The maximum Gasteiger partial charge on any atom is 0.241 e. The largest absolute Gasteiger partial charge is 0.460 e. The van der Waals surface area contributed by atoms with Gasteiger partial charge in [-0.3, -0.25) is 0 Å². The number of aryl methyl sites for hydroxylation is 2. The van der Waals surface area contributed by atoms with Crippen molar-refractivity contribution < 1.29 is 34.3 Å². The number of hydrogen-bond donors (Lipinski definition) is 4. The van der Waals surface area contributed by atoms with Crippen molar-refractivity contribution in [1.29, 1.82) is 0 Å². The first-order valence-corrected chi connectivity index (χ1v) is 10.4. The zero-order valence-electron chi connectivity index (χ0n) is 16.4. The Morgan fingerprint density at radius 2 is 1.76 bits per heavy atom. The summed E-state index contributed by atoms with van der Waals surface area (Å²) in [4.78, 5) is -1.93. The highest BCUT2D eigenvalue weighted by atomic mass is 32.2. The molecule has 29 heavy (non-hydrogen) atoms. The van der Waals surface area contributed by atoms with Gasteiger partial charge in [0.1, 0.15) is 29.9 Å². The van der Waals surface area contributed by atoms with Crippen molar-refractivity contribution in [2.24, 2.45) is 0 Å². The normalized spacial score (nSPS) is 29.7. The predicted molar refractivity (Wildman–Crippen MR) is 108 cm³/mol. The summed E-state index contributed by atoms with van der Waals surface area (Å²) in [6.45, 7) is 2.95. The lowest BCUT2D eigenvalue weighted by Gasteiger charge is -2.46. The molecule has 0 radical (unpaired) electrons. The van der Waals surface area contributed by atoms with Crippen molar-refractivity contribution in [1.82, 2.24) is 0 Å². The van der Waals surface area contributed by atoms with Gasteiger partial charge in [0.05, 0.1) is 6.61 Å². The molecule has 3 rings (SSSR count). The van der Waals surface area contributed by atoms with Gasteiger partial charge in [-0.25, -0.2) is 4.39 Å². The summed E-state index contributed by atoms with van der Waals surface area (Å²) in [6, 6.07) is 10.2. The number of aliphatic hydroxyl groups excluding tert-OH is 3. The smallest absolute Gasteiger partial charge is 0.241 e. The fourth-order valence-corrected chi connectivity index (χ4v) is 3.93. The number of ether oxygens (including phenoxy) is 2. The molecule has 1 aliphatic heterocycles. The fourth-order valence-electron chi connectivity index (χ4n) is 3.25. The van der Waals surface area contributed by atoms with Crippen molar-refractivity contribution in [3.05, 3.63) is 53.3 Å². The van der Waals surface area contributed by atoms with Crippen molar-refractivity contribution in [3.63, 3.8) is 0 Å². The quantitative estimate of drug-likeness (QED) is 0.545. The standard InChI is InChI=1S/C21H25FO6S/c1-11-4-5-14(9-15(11)22)13-6-7-16(12(2)8-13)27-20-21(26,29-3)19(25)18(24)17(10-23)28-20/h4-9,17-20,23-26H,10H2,1-3H3/t17-,18?,19+,20?,21-/m1/s1. The Morgan fingerprint density at radius 1 is 1.10 bits per heavy atom. The number of aliphatic hydroxyl groups is 4. The van der Waals surface area contributed by atoms with E-state index in [-0.39, 0.29) is 5.82 Å². The number of hydrogen-bond acceptors (Lipinski definition) is 7. The molecule has 0 bridgehead atoms. The van der Waals surface area contributed by atoms with E-state index < -0.39 is 36.1 Å². The van der Waals surface area contributed by atoms with E-state index in [0.29, 0.717) is 16.9 Å². The summed E-state index contributed by atoms with van der Waals surface area (Å²) >= 11 is 0.881. The second kappa shape index (κ2) is 8.59. The lowest BCUT2D eigenvalue weighted by molar-refractivity contribution is -0.290. The van der Waals surface area contributed by atoms with Crippen LogP contribution in [0.3, 0.4) is 0 Å². The SMILES string of the molecule is CS[C@@]1(O)C(Oc2ccc(-c3ccc(C)c(F)c3)cc2C)O[C@H](CO)C(O)[C@@H]1O. The number of halogens is 1. The highest BCUT2D eigenvalue weighted by molar-refractivity contribution is 7.99. The van der Waals surface area contributed by atoms with E-state index in [1.807, 2.05) is 12.1 Å². The molecule has 2 unspecified atom stereocenters. The van der Waals surface area contributed by atoms with E-state index in [1.165, 1.54) is 6.07 Å². The van der Waals surface area contributed by atoms with Gasteiger partial charge in [0, 0.05) is 0 Å². The molecule has 0 aromatic heterocycles. The molecule has 0 spiro atoms. The van der Waals surface area contributed by atoms with Crippen molar-refractivity contribution in [2.75, 3.05) is 12.9 Å². The molecule has 158 valence electrons. The molecule has 6 nitrogen and oxygen atoms in total. The van der Waals surface area contributed by atoms with Gasteiger partial charge in [0.25, 0.3) is 0 Å². The molecule has 1 aliphatic rings. The van der Waals surface area contributed by atoms with Gasteiger partial charge in [-0.2, -0.15) is 0 Å². The van der Waals surface area contributed by atoms with E-state index in [1.54, 1.807) is 38.3 Å². The molecule has 5 atom stereocenters. The lowest BCUT2D eigenvalue weighted by atomic mass is 9.98. The van der Waals surface area contributed by atoms with E-state index >= 15 is 0 Å². The average molecular weight is 424 g/mol. The molecule has 0 amide bonds. The third kappa shape index (κ3) is 4.14. The highest BCUT2D eigenvalue weighted by Crippen LogP contribution is 2.39. The average Bonchev–Trinajstić information content (AvgIpc) is 2.71. The molecule has 0 aliphatic carbocycles. The van der Waals surface area contributed by atoms with E-state index in [9.17, 15) is 24.8 Å². The molecular formula is C21H25FO6S. The van der Waals surface area contributed by atoms with E-state index in [4.69, 9.17) is 9.47 Å². The number of rotatable bonds is 5. The highest BCUT2D eigenvalue weighted by Gasteiger charge is 2.56. The van der Waals surface area contributed by atoms with Crippen molar-refractivity contribution in [3.8, 4) is 16.9 Å². The molecule has 2 aromatic rings. The summed E-state index contributed by atoms with van der Waals surface area (Å²) in [6.07, 6.45) is -3.91. The van der Waals surface area contributed by atoms with Crippen LogP contribution in [-0.2, 0) is 4.74 Å². The fraction of sp³-hybridized carbons (Fsp3) is 0.429. The van der Waals surface area contributed by atoms with Crippen LogP contribution in [0.25, 0.3) is 11.1 Å². The van der Waals surface area contributed by atoms with Crippen LogP contribution in [0.5, 0.6) is 5.75 Å². The number of benzene rings is 2. The summed E-state index contributed by atoms with van der Waals surface area (Å²) in [5.41, 5.74) is 2.78. The molecule has 1 fully saturated rings.